The summed E-state index contributed by atoms with van der Waals surface area (Å²) in [6, 6.07) is 0.308. The zero-order valence-electron chi connectivity index (χ0n) is 12.0. The van der Waals surface area contributed by atoms with Gasteiger partial charge in [0.1, 0.15) is 5.69 Å². The van der Waals surface area contributed by atoms with Crippen molar-refractivity contribution in [1.29, 1.82) is 0 Å². The van der Waals surface area contributed by atoms with E-state index in [-0.39, 0.29) is 5.91 Å². The molecular weight excluding hydrogens is 252 g/mol. The summed E-state index contributed by atoms with van der Waals surface area (Å²) in [5, 5.41) is 3.39. The second-order valence-electron chi connectivity index (χ2n) is 5.95. The van der Waals surface area contributed by atoms with Crippen LogP contribution in [0.2, 0.25) is 0 Å². The zero-order chi connectivity index (χ0) is 13.9. The lowest BCUT2D eigenvalue weighted by Gasteiger charge is -2.29. The Morgan fingerprint density at radius 1 is 1.25 bits per heavy atom. The average molecular weight is 274 g/mol. The number of likely N-dealkylation sites (tertiary alicyclic amines) is 1. The van der Waals surface area contributed by atoms with E-state index in [1.807, 2.05) is 4.90 Å². The van der Waals surface area contributed by atoms with E-state index in [0.29, 0.717) is 11.7 Å². The molecule has 5 nitrogen and oxygen atoms in total. The maximum atomic E-state index is 12.3. The van der Waals surface area contributed by atoms with Crippen LogP contribution < -0.4 is 5.32 Å². The zero-order valence-corrected chi connectivity index (χ0v) is 12.0. The number of nitrogens with zero attached hydrogens (tertiary/aromatic N) is 3. The molecule has 1 unspecified atom stereocenters. The molecule has 2 fully saturated rings. The van der Waals surface area contributed by atoms with Crippen LogP contribution in [0.3, 0.4) is 0 Å². The predicted octanol–water partition coefficient (Wildman–Crippen LogP) is 1.77. The predicted molar refractivity (Wildman–Crippen MR) is 76.3 cm³/mol. The summed E-state index contributed by atoms with van der Waals surface area (Å²) in [6.07, 6.45) is 7.84. The molecule has 0 bridgehead atoms. The Hall–Kier alpha value is -1.49. The van der Waals surface area contributed by atoms with Gasteiger partial charge in [0, 0.05) is 13.1 Å². The first-order valence-electron chi connectivity index (χ1n) is 7.58. The van der Waals surface area contributed by atoms with Gasteiger partial charge in [-0.3, -0.25) is 9.78 Å². The molecule has 0 aromatic carbocycles. The molecule has 2 aliphatic heterocycles. The van der Waals surface area contributed by atoms with Gasteiger partial charge in [-0.2, -0.15) is 0 Å². The number of carbonyl (C=O) groups excluding carboxylic acids is 1. The Bertz CT molecular complexity index is 459. The molecule has 3 heterocycles. The van der Waals surface area contributed by atoms with E-state index >= 15 is 0 Å². The molecule has 5 heteroatoms. The number of aromatic nitrogens is 2. The van der Waals surface area contributed by atoms with E-state index in [1.165, 1.54) is 6.42 Å². The smallest absolute Gasteiger partial charge is 0.274 e. The SMILES string of the molecule is CC1CCN(C(=O)c2cnc(C3CCCN3)cn2)CC1. The van der Waals surface area contributed by atoms with Crippen LogP contribution in [0.1, 0.15) is 54.8 Å². The van der Waals surface area contributed by atoms with Crippen LogP contribution in [0.15, 0.2) is 12.4 Å². The van der Waals surface area contributed by atoms with Gasteiger partial charge in [-0.1, -0.05) is 6.92 Å². The summed E-state index contributed by atoms with van der Waals surface area (Å²) in [6.45, 7) is 4.96. The van der Waals surface area contributed by atoms with Crippen molar-refractivity contribution in [3.63, 3.8) is 0 Å². The summed E-state index contributed by atoms with van der Waals surface area (Å²) in [5.74, 6) is 0.747. The molecule has 1 aromatic heterocycles. The van der Waals surface area contributed by atoms with Gasteiger partial charge in [-0.05, 0) is 38.1 Å². The normalized spacial score (nSPS) is 24.1. The van der Waals surface area contributed by atoms with Crippen molar-refractivity contribution in [3.8, 4) is 0 Å². The number of rotatable bonds is 2. The van der Waals surface area contributed by atoms with Crippen LogP contribution in [0, 0.1) is 5.92 Å². The Kier molecular flexibility index (Phi) is 3.96. The van der Waals surface area contributed by atoms with Crippen molar-refractivity contribution in [2.75, 3.05) is 19.6 Å². The summed E-state index contributed by atoms with van der Waals surface area (Å²) in [5.41, 5.74) is 1.42. The van der Waals surface area contributed by atoms with Crippen LogP contribution >= 0.6 is 0 Å². The van der Waals surface area contributed by atoms with Crippen LogP contribution in [-0.4, -0.2) is 40.4 Å². The summed E-state index contributed by atoms with van der Waals surface area (Å²) in [7, 11) is 0. The lowest BCUT2D eigenvalue weighted by Crippen LogP contribution is -2.38. The molecule has 2 saturated heterocycles. The van der Waals surface area contributed by atoms with Crippen LogP contribution in [0.4, 0.5) is 0 Å². The highest BCUT2D eigenvalue weighted by atomic mass is 16.2. The lowest BCUT2D eigenvalue weighted by molar-refractivity contribution is 0.0690. The highest BCUT2D eigenvalue weighted by Gasteiger charge is 2.23. The Morgan fingerprint density at radius 2 is 2.05 bits per heavy atom. The molecule has 0 saturated carbocycles. The highest BCUT2D eigenvalue weighted by Crippen LogP contribution is 2.21. The van der Waals surface area contributed by atoms with Gasteiger partial charge < -0.3 is 10.2 Å². The maximum absolute atomic E-state index is 12.3. The third-order valence-corrected chi connectivity index (χ3v) is 4.38. The van der Waals surface area contributed by atoms with Gasteiger partial charge >= 0.3 is 0 Å². The van der Waals surface area contributed by atoms with Gasteiger partial charge in [0.25, 0.3) is 5.91 Å². The van der Waals surface area contributed by atoms with Gasteiger partial charge in [-0.25, -0.2) is 4.98 Å². The maximum Gasteiger partial charge on any atom is 0.274 e. The fourth-order valence-corrected chi connectivity index (χ4v) is 2.94. The first-order chi connectivity index (χ1) is 9.74. The molecule has 0 aliphatic carbocycles. The Labute approximate surface area is 119 Å². The van der Waals surface area contributed by atoms with Gasteiger partial charge in [0.15, 0.2) is 0 Å². The summed E-state index contributed by atoms with van der Waals surface area (Å²) in [4.78, 5) is 23.0. The van der Waals surface area contributed by atoms with Crippen molar-refractivity contribution in [2.24, 2.45) is 5.92 Å². The molecule has 20 heavy (non-hydrogen) atoms. The second kappa shape index (κ2) is 5.87. The molecule has 1 aromatic rings. The number of amides is 1. The molecule has 1 atom stereocenters. The monoisotopic (exact) mass is 274 g/mol. The highest BCUT2D eigenvalue weighted by molar-refractivity contribution is 5.92. The molecule has 0 radical (unpaired) electrons. The minimum absolute atomic E-state index is 0.0235. The fourth-order valence-electron chi connectivity index (χ4n) is 2.94. The minimum Gasteiger partial charge on any atom is -0.337 e. The van der Waals surface area contributed by atoms with Crippen molar-refractivity contribution in [3.05, 3.63) is 23.8 Å². The van der Waals surface area contributed by atoms with Crippen LogP contribution in [-0.2, 0) is 0 Å². The van der Waals surface area contributed by atoms with Crippen molar-refractivity contribution in [1.82, 2.24) is 20.2 Å². The largest absolute Gasteiger partial charge is 0.337 e. The number of carbonyl (C=O) groups is 1. The van der Waals surface area contributed by atoms with Crippen LogP contribution in [0.25, 0.3) is 0 Å². The van der Waals surface area contributed by atoms with Gasteiger partial charge in [0.05, 0.1) is 24.1 Å². The first-order valence-corrected chi connectivity index (χ1v) is 7.58. The van der Waals surface area contributed by atoms with Crippen molar-refractivity contribution >= 4 is 5.91 Å². The van der Waals surface area contributed by atoms with Crippen LogP contribution in [0.5, 0.6) is 0 Å². The van der Waals surface area contributed by atoms with Crippen molar-refractivity contribution in [2.45, 2.75) is 38.6 Å². The molecular formula is C15H22N4O. The topological polar surface area (TPSA) is 58.1 Å². The third-order valence-electron chi connectivity index (χ3n) is 4.38. The van der Waals surface area contributed by atoms with Gasteiger partial charge in [0.2, 0.25) is 0 Å². The van der Waals surface area contributed by atoms with E-state index in [1.54, 1.807) is 12.4 Å². The van der Waals surface area contributed by atoms with E-state index in [0.717, 1.165) is 50.5 Å². The number of nitrogens with one attached hydrogen (secondary N) is 1. The average Bonchev–Trinajstić information content (AvgIpc) is 3.02. The standard InChI is InChI=1S/C15H22N4O/c1-11-4-7-19(8-5-11)15(20)14-10-17-13(9-18-14)12-3-2-6-16-12/h9-12,16H,2-8H2,1H3. The third kappa shape index (κ3) is 2.82. The molecule has 1 amide bonds. The number of hydrogen-bond acceptors (Lipinski definition) is 4. The molecule has 0 spiro atoms. The van der Waals surface area contributed by atoms with E-state index in [2.05, 4.69) is 22.2 Å². The summed E-state index contributed by atoms with van der Waals surface area (Å²) >= 11 is 0. The lowest BCUT2D eigenvalue weighted by atomic mass is 9.99. The van der Waals surface area contributed by atoms with Crippen molar-refractivity contribution < 1.29 is 4.79 Å². The quantitative estimate of drug-likeness (QED) is 0.893. The second-order valence-corrected chi connectivity index (χ2v) is 5.95. The molecule has 108 valence electrons. The number of hydrogen-bond donors (Lipinski definition) is 1. The Balaban J connectivity index is 1.66. The molecule has 3 rings (SSSR count). The van der Waals surface area contributed by atoms with E-state index in [4.69, 9.17) is 0 Å². The minimum atomic E-state index is 0.0235. The van der Waals surface area contributed by atoms with Gasteiger partial charge in [-0.15, -0.1) is 0 Å². The molecule has 1 N–H and O–H groups in total. The fraction of sp³-hybridized carbons (Fsp3) is 0.667. The van der Waals surface area contributed by atoms with E-state index < -0.39 is 0 Å². The summed E-state index contributed by atoms with van der Waals surface area (Å²) < 4.78 is 0. The molecule has 2 aliphatic rings. The number of piperidine rings is 1. The van der Waals surface area contributed by atoms with E-state index in [9.17, 15) is 4.79 Å². The Morgan fingerprint density at radius 3 is 2.65 bits per heavy atom. The first kappa shape index (κ1) is 13.5.